The van der Waals surface area contributed by atoms with E-state index in [0.717, 1.165) is 12.0 Å². The van der Waals surface area contributed by atoms with Gasteiger partial charge in [-0.3, -0.25) is 9.10 Å². The van der Waals surface area contributed by atoms with E-state index in [1.54, 1.807) is 12.1 Å². The first-order chi connectivity index (χ1) is 11.5. The fourth-order valence-corrected chi connectivity index (χ4v) is 5.23. The molecule has 2 unspecified atom stereocenters. The first-order valence-electron chi connectivity index (χ1n) is 8.68. The predicted octanol–water partition coefficient (Wildman–Crippen LogP) is 2.02. The van der Waals surface area contributed by atoms with E-state index in [1.165, 1.54) is 10.6 Å². The minimum Gasteiger partial charge on any atom is -0.338 e. The number of likely N-dealkylation sites (tertiary alicyclic amines) is 1. The average Bonchev–Trinajstić information content (AvgIpc) is 2.83. The second kappa shape index (κ2) is 7.02. The van der Waals surface area contributed by atoms with E-state index in [9.17, 15) is 13.2 Å². The molecule has 3 rings (SSSR count). The number of rotatable bonds is 2. The highest BCUT2D eigenvalue weighted by atomic mass is 35.5. The maximum atomic E-state index is 12.9. The van der Waals surface area contributed by atoms with Gasteiger partial charge in [0.25, 0.3) is 5.91 Å². The van der Waals surface area contributed by atoms with Crippen molar-refractivity contribution in [2.24, 2.45) is 11.1 Å². The van der Waals surface area contributed by atoms with Crippen LogP contribution in [0.1, 0.15) is 43.1 Å². The van der Waals surface area contributed by atoms with E-state index in [2.05, 4.69) is 13.8 Å². The summed E-state index contributed by atoms with van der Waals surface area (Å²) in [6.45, 7) is 7.36. The van der Waals surface area contributed by atoms with Crippen molar-refractivity contribution in [3.8, 4) is 0 Å². The van der Waals surface area contributed by atoms with Crippen LogP contribution in [0.3, 0.4) is 0 Å². The molecule has 0 aromatic heterocycles. The molecule has 0 bridgehead atoms. The van der Waals surface area contributed by atoms with Crippen molar-refractivity contribution in [2.75, 3.05) is 23.7 Å². The van der Waals surface area contributed by atoms with Crippen LogP contribution in [0.25, 0.3) is 0 Å². The van der Waals surface area contributed by atoms with Crippen molar-refractivity contribution >= 4 is 34.0 Å². The molecule has 2 atom stereocenters. The first kappa shape index (κ1) is 21.0. The van der Waals surface area contributed by atoms with Crippen LogP contribution in [0.2, 0.25) is 0 Å². The van der Waals surface area contributed by atoms with Gasteiger partial charge in [-0.25, -0.2) is 8.42 Å². The highest BCUT2D eigenvalue weighted by Crippen LogP contribution is 2.35. The van der Waals surface area contributed by atoms with E-state index in [1.807, 2.05) is 17.9 Å². The lowest BCUT2D eigenvalue weighted by atomic mass is 9.79. The zero-order valence-corrected chi connectivity index (χ0v) is 17.4. The third-order valence-corrected chi connectivity index (χ3v) is 6.71. The largest absolute Gasteiger partial charge is 0.338 e. The second-order valence-electron chi connectivity index (χ2n) is 8.07. The van der Waals surface area contributed by atoms with Gasteiger partial charge < -0.3 is 10.6 Å². The Morgan fingerprint density at radius 2 is 1.96 bits per heavy atom. The normalized spacial score (nSPS) is 24.8. The number of nitrogens with two attached hydrogens (primary N) is 1. The Morgan fingerprint density at radius 1 is 1.31 bits per heavy atom. The van der Waals surface area contributed by atoms with Crippen molar-refractivity contribution in [1.29, 1.82) is 0 Å². The predicted molar refractivity (Wildman–Crippen MR) is 106 cm³/mol. The Bertz CT molecular complexity index is 810. The van der Waals surface area contributed by atoms with Crippen LogP contribution in [0.5, 0.6) is 0 Å². The maximum absolute atomic E-state index is 12.9. The zero-order chi connectivity index (χ0) is 18.6. The molecule has 1 aromatic rings. The van der Waals surface area contributed by atoms with Crippen LogP contribution in [0.4, 0.5) is 5.69 Å². The van der Waals surface area contributed by atoms with Crippen LogP contribution in [-0.4, -0.2) is 50.7 Å². The molecule has 0 spiro atoms. The van der Waals surface area contributed by atoms with Crippen LogP contribution in [-0.2, 0) is 16.4 Å². The fourth-order valence-electron chi connectivity index (χ4n) is 3.97. The number of halogens is 1. The third-order valence-electron chi connectivity index (χ3n) is 5.44. The summed E-state index contributed by atoms with van der Waals surface area (Å²) in [5, 5.41) is 0. The lowest BCUT2D eigenvalue weighted by Gasteiger charge is -2.42. The van der Waals surface area contributed by atoms with Crippen molar-refractivity contribution < 1.29 is 13.2 Å². The van der Waals surface area contributed by atoms with Crippen LogP contribution in [0.15, 0.2) is 18.2 Å². The Morgan fingerprint density at radius 3 is 2.54 bits per heavy atom. The Balaban J connectivity index is 0.00000243. The number of fused-ring (bicyclic) bond motifs is 1. The summed E-state index contributed by atoms with van der Waals surface area (Å²) >= 11 is 0. The number of benzene rings is 1. The Labute approximate surface area is 162 Å². The summed E-state index contributed by atoms with van der Waals surface area (Å²) < 4.78 is 25.5. The highest BCUT2D eigenvalue weighted by Gasteiger charge is 2.37. The third kappa shape index (κ3) is 3.70. The van der Waals surface area contributed by atoms with Crippen LogP contribution >= 0.6 is 12.4 Å². The van der Waals surface area contributed by atoms with Gasteiger partial charge in [0.05, 0.1) is 11.9 Å². The maximum Gasteiger partial charge on any atom is 0.253 e. The van der Waals surface area contributed by atoms with Gasteiger partial charge in [0.2, 0.25) is 10.0 Å². The molecule has 2 aliphatic heterocycles. The topological polar surface area (TPSA) is 83.7 Å². The number of hydrogen-bond donors (Lipinski definition) is 1. The van der Waals surface area contributed by atoms with E-state index >= 15 is 0 Å². The molecule has 2 N–H and O–H groups in total. The van der Waals surface area contributed by atoms with E-state index < -0.39 is 10.0 Å². The lowest BCUT2D eigenvalue weighted by Crippen LogP contribution is -2.54. The molecule has 1 aromatic carbocycles. The number of anilines is 1. The second-order valence-corrected chi connectivity index (χ2v) is 9.93. The van der Waals surface area contributed by atoms with Gasteiger partial charge in [-0.1, -0.05) is 13.8 Å². The molecule has 146 valence electrons. The summed E-state index contributed by atoms with van der Waals surface area (Å²) in [5.74, 6) is -0.00627. The molecule has 1 amide bonds. The van der Waals surface area contributed by atoms with Crippen molar-refractivity contribution in [3.63, 3.8) is 0 Å². The first-order valence-corrected chi connectivity index (χ1v) is 10.5. The van der Waals surface area contributed by atoms with Gasteiger partial charge in [0, 0.05) is 30.7 Å². The van der Waals surface area contributed by atoms with Crippen molar-refractivity contribution in [2.45, 2.75) is 45.7 Å². The number of carbonyl (C=O) groups excluding carboxylic acids is 1. The van der Waals surface area contributed by atoms with Crippen molar-refractivity contribution in [1.82, 2.24) is 4.90 Å². The summed E-state index contributed by atoms with van der Waals surface area (Å²) in [4.78, 5) is 14.8. The highest BCUT2D eigenvalue weighted by molar-refractivity contribution is 7.92. The molecule has 6 nitrogen and oxygen atoms in total. The molecule has 2 aliphatic rings. The van der Waals surface area contributed by atoms with Crippen molar-refractivity contribution in [3.05, 3.63) is 29.3 Å². The van der Waals surface area contributed by atoms with Crippen LogP contribution < -0.4 is 10.0 Å². The van der Waals surface area contributed by atoms with E-state index in [4.69, 9.17) is 5.73 Å². The Hall–Kier alpha value is -1.31. The van der Waals surface area contributed by atoms with E-state index in [-0.39, 0.29) is 35.8 Å². The standard InChI is InChI=1S/C18H27N3O3S.ClH/c1-12-9-14-10-13(5-6-15(14)21(12)25(4,23)24)17(22)20-8-7-16(19)18(2,3)11-20;/h5-6,10,12,16H,7-9,11,19H2,1-4H3;1H. The molecule has 26 heavy (non-hydrogen) atoms. The minimum absolute atomic E-state index is 0. The van der Waals surface area contributed by atoms with Gasteiger partial charge in [-0.15, -0.1) is 12.4 Å². The summed E-state index contributed by atoms with van der Waals surface area (Å²) in [7, 11) is -3.32. The molecule has 2 heterocycles. The molecular formula is C18H28ClN3O3S. The molecule has 1 fully saturated rings. The quantitative estimate of drug-likeness (QED) is 0.821. The fraction of sp³-hybridized carbons (Fsp3) is 0.611. The molecule has 0 aliphatic carbocycles. The SMILES string of the molecule is CC1Cc2cc(C(=O)N3CCC(N)C(C)(C)C3)ccc2N1S(C)(=O)=O.Cl. The van der Waals surface area contributed by atoms with Gasteiger partial charge >= 0.3 is 0 Å². The number of piperidine rings is 1. The van der Waals surface area contributed by atoms with Crippen LogP contribution in [0, 0.1) is 5.41 Å². The lowest BCUT2D eigenvalue weighted by molar-refractivity contribution is 0.0533. The van der Waals surface area contributed by atoms with Gasteiger partial charge in [0.15, 0.2) is 0 Å². The number of amides is 1. The van der Waals surface area contributed by atoms with Gasteiger partial charge in [-0.2, -0.15) is 0 Å². The average molecular weight is 402 g/mol. The summed E-state index contributed by atoms with van der Waals surface area (Å²) in [5.41, 5.74) is 8.27. The number of carbonyl (C=O) groups is 1. The minimum atomic E-state index is -3.32. The summed E-state index contributed by atoms with van der Waals surface area (Å²) in [6.07, 6.45) is 2.64. The molecule has 8 heteroatoms. The van der Waals surface area contributed by atoms with Gasteiger partial charge in [0.1, 0.15) is 0 Å². The molecule has 0 radical (unpaired) electrons. The Kier molecular flexibility index (Phi) is 5.67. The van der Waals surface area contributed by atoms with Gasteiger partial charge in [-0.05, 0) is 48.9 Å². The monoisotopic (exact) mass is 401 g/mol. The molecule has 1 saturated heterocycles. The molecule has 0 saturated carbocycles. The molecular weight excluding hydrogens is 374 g/mol. The smallest absolute Gasteiger partial charge is 0.253 e. The van der Waals surface area contributed by atoms with E-state index in [0.29, 0.717) is 30.8 Å². The zero-order valence-electron chi connectivity index (χ0n) is 15.7. The summed E-state index contributed by atoms with van der Waals surface area (Å²) in [6, 6.07) is 5.32. The number of nitrogens with zero attached hydrogens (tertiary/aromatic N) is 2. The number of hydrogen-bond acceptors (Lipinski definition) is 4. The number of sulfonamides is 1.